The van der Waals surface area contributed by atoms with Crippen LogP contribution < -0.4 is 4.74 Å². The number of fused-ring (bicyclic) bond motifs is 2. The van der Waals surface area contributed by atoms with Gasteiger partial charge >= 0.3 is 0 Å². The zero-order valence-electron chi connectivity index (χ0n) is 11.2. The van der Waals surface area contributed by atoms with Gasteiger partial charge in [0.25, 0.3) is 0 Å². The van der Waals surface area contributed by atoms with Gasteiger partial charge in [0.05, 0.1) is 11.1 Å². The van der Waals surface area contributed by atoms with Gasteiger partial charge in [0.15, 0.2) is 0 Å². The van der Waals surface area contributed by atoms with Crippen molar-refractivity contribution in [2.75, 3.05) is 6.61 Å². The van der Waals surface area contributed by atoms with Crippen LogP contribution in [0.15, 0.2) is 51.4 Å². The van der Waals surface area contributed by atoms with E-state index in [2.05, 4.69) is 15.9 Å². The molecule has 106 valence electrons. The number of ether oxygens (including phenoxy) is 1. The Balaban J connectivity index is 1.82. The van der Waals surface area contributed by atoms with E-state index in [4.69, 9.17) is 9.15 Å². The highest BCUT2D eigenvalue weighted by Crippen LogP contribution is 2.38. The predicted molar refractivity (Wildman–Crippen MR) is 83.6 cm³/mol. The van der Waals surface area contributed by atoms with E-state index in [9.17, 15) is 5.11 Å². The maximum absolute atomic E-state index is 10.7. The van der Waals surface area contributed by atoms with Crippen molar-refractivity contribution in [3.63, 3.8) is 0 Å². The molecule has 1 aromatic heterocycles. The highest BCUT2D eigenvalue weighted by atomic mass is 79.9. The Morgan fingerprint density at radius 3 is 2.86 bits per heavy atom. The third-order valence-electron chi connectivity index (χ3n) is 3.82. The van der Waals surface area contributed by atoms with Crippen LogP contribution in [0.25, 0.3) is 11.0 Å². The van der Waals surface area contributed by atoms with E-state index in [1.165, 1.54) is 0 Å². The molecule has 2 aromatic carbocycles. The van der Waals surface area contributed by atoms with Crippen molar-refractivity contribution < 1.29 is 14.3 Å². The van der Waals surface area contributed by atoms with Gasteiger partial charge in [0, 0.05) is 17.4 Å². The van der Waals surface area contributed by atoms with Gasteiger partial charge in [0.1, 0.15) is 23.2 Å². The van der Waals surface area contributed by atoms with Crippen LogP contribution in [0.5, 0.6) is 5.75 Å². The molecule has 1 aliphatic rings. The monoisotopic (exact) mass is 344 g/mol. The summed E-state index contributed by atoms with van der Waals surface area (Å²) in [6.07, 6.45) is 0.0686. The fourth-order valence-corrected chi connectivity index (χ4v) is 3.25. The molecule has 3 aromatic rings. The molecule has 1 aliphatic heterocycles. The van der Waals surface area contributed by atoms with Gasteiger partial charge < -0.3 is 14.3 Å². The van der Waals surface area contributed by atoms with Crippen LogP contribution in [-0.2, 0) is 6.42 Å². The van der Waals surface area contributed by atoms with Crippen molar-refractivity contribution >= 4 is 26.9 Å². The maximum Gasteiger partial charge on any atom is 0.148 e. The molecule has 0 saturated heterocycles. The number of halogens is 1. The average Bonchev–Trinajstić information content (AvgIpc) is 3.13. The zero-order chi connectivity index (χ0) is 14.4. The third-order valence-corrected chi connectivity index (χ3v) is 4.45. The van der Waals surface area contributed by atoms with E-state index in [0.29, 0.717) is 12.4 Å². The Bertz CT molecular complexity index is 822. The topological polar surface area (TPSA) is 42.6 Å². The van der Waals surface area contributed by atoms with Crippen molar-refractivity contribution in [2.45, 2.75) is 12.5 Å². The number of benzene rings is 2. The number of para-hydroxylation sites is 2. The number of aliphatic hydroxyl groups is 1. The first-order valence-corrected chi connectivity index (χ1v) is 7.64. The van der Waals surface area contributed by atoms with Crippen molar-refractivity contribution in [3.05, 3.63) is 63.8 Å². The van der Waals surface area contributed by atoms with Crippen LogP contribution in [0.3, 0.4) is 0 Å². The lowest BCUT2D eigenvalue weighted by atomic mass is 10.0. The van der Waals surface area contributed by atoms with Crippen molar-refractivity contribution in [1.82, 2.24) is 0 Å². The molecule has 1 N–H and O–H groups in total. The number of aliphatic hydroxyl groups excluding tert-OH is 1. The molecule has 0 aliphatic carbocycles. The summed E-state index contributed by atoms with van der Waals surface area (Å²) in [6, 6.07) is 13.6. The summed E-state index contributed by atoms with van der Waals surface area (Å²) in [4.78, 5) is 0. The minimum atomic E-state index is -0.822. The molecule has 0 amide bonds. The molecule has 1 atom stereocenters. The van der Waals surface area contributed by atoms with Crippen LogP contribution in [0.4, 0.5) is 0 Å². The average molecular weight is 345 g/mol. The normalized spacial score (nSPS) is 15.0. The second kappa shape index (κ2) is 4.90. The lowest BCUT2D eigenvalue weighted by Crippen LogP contribution is -2.00. The van der Waals surface area contributed by atoms with E-state index in [1.54, 1.807) is 0 Å². The fraction of sp³-hybridized carbons (Fsp3) is 0.176. The molecule has 1 unspecified atom stereocenters. The fourth-order valence-electron chi connectivity index (χ4n) is 2.79. The van der Waals surface area contributed by atoms with Gasteiger partial charge in [-0.1, -0.05) is 30.3 Å². The lowest BCUT2D eigenvalue weighted by molar-refractivity contribution is 0.187. The minimum absolute atomic E-state index is 0.529. The molecule has 21 heavy (non-hydrogen) atoms. The van der Waals surface area contributed by atoms with E-state index in [-0.39, 0.29) is 0 Å². The first-order valence-electron chi connectivity index (χ1n) is 6.84. The summed E-state index contributed by atoms with van der Waals surface area (Å²) in [5, 5.41) is 11.6. The Hall–Kier alpha value is -1.78. The summed E-state index contributed by atoms with van der Waals surface area (Å²) < 4.78 is 12.4. The van der Waals surface area contributed by atoms with E-state index in [0.717, 1.165) is 38.7 Å². The lowest BCUT2D eigenvalue weighted by Gasteiger charge is -2.12. The number of rotatable bonds is 2. The standard InChI is InChI=1S/C17H13BrO3/c18-13-6-2-4-11-9-14(21-17(11)13)15(19)12-5-1-3-10-7-8-20-16(10)12/h1-6,9,15,19H,7-8H2. The van der Waals surface area contributed by atoms with Crippen LogP contribution in [0.2, 0.25) is 0 Å². The predicted octanol–water partition coefficient (Wildman–Crippen LogP) is 4.21. The Labute approximate surface area is 130 Å². The molecule has 4 heteroatoms. The quantitative estimate of drug-likeness (QED) is 0.757. The molecule has 3 nitrogen and oxygen atoms in total. The summed E-state index contributed by atoms with van der Waals surface area (Å²) in [6.45, 7) is 0.671. The number of hydrogen-bond donors (Lipinski definition) is 1. The van der Waals surface area contributed by atoms with Gasteiger partial charge in [-0.25, -0.2) is 0 Å². The van der Waals surface area contributed by atoms with Gasteiger partial charge in [-0.05, 0) is 33.6 Å². The van der Waals surface area contributed by atoms with Gasteiger partial charge in [-0.2, -0.15) is 0 Å². The molecule has 4 rings (SSSR count). The van der Waals surface area contributed by atoms with Crippen molar-refractivity contribution in [3.8, 4) is 5.75 Å². The summed E-state index contributed by atoms with van der Waals surface area (Å²) in [7, 11) is 0. The van der Waals surface area contributed by atoms with Crippen molar-refractivity contribution in [2.24, 2.45) is 0 Å². The second-order valence-electron chi connectivity index (χ2n) is 5.14. The zero-order valence-corrected chi connectivity index (χ0v) is 12.8. The number of furan rings is 1. The van der Waals surface area contributed by atoms with Gasteiger partial charge in [-0.15, -0.1) is 0 Å². The van der Waals surface area contributed by atoms with E-state index < -0.39 is 6.10 Å². The maximum atomic E-state index is 10.7. The molecule has 0 bridgehead atoms. The highest BCUT2D eigenvalue weighted by Gasteiger charge is 2.24. The Morgan fingerprint density at radius 1 is 1.14 bits per heavy atom. The Kier molecular flexibility index (Phi) is 3.01. The molecule has 2 heterocycles. The molecule has 0 spiro atoms. The first kappa shape index (κ1) is 12.9. The summed E-state index contributed by atoms with van der Waals surface area (Å²) in [5.74, 6) is 1.32. The van der Waals surface area contributed by atoms with Crippen molar-refractivity contribution in [1.29, 1.82) is 0 Å². The Morgan fingerprint density at radius 2 is 2.00 bits per heavy atom. The van der Waals surface area contributed by atoms with Gasteiger partial charge in [0.2, 0.25) is 0 Å². The van der Waals surface area contributed by atoms with E-state index in [1.807, 2.05) is 42.5 Å². The van der Waals surface area contributed by atoms with Crippen LogP contribution in [0, 0.1) is 0 Å². The molecular weight excluding hydrogens is 332 g/mol. The molecule has 0 fully saturated rings. The smallest absolute Gasteiger partial charge is 0.148 e. The second-order valence-corrected chi connectivity index (χ2v) is 6.00. The molecule has 0 radical (unpaired) electrons. The summed E-state index contributed by atoms with van der Waals surface area (Å²) in [5.41, 5.74) is 2.66. The SMILES string of the molecule is OC(c1cc2cccc(Br)c2o1)c1cccc2c1OCC2. The third kappa shape index (κ3) is 2.06. The van der Waals surface area contributed by atoms with Crippen LogP contribution in [0.1, 0.15) is 23.0 Å². The first-order chi connectivity index (χ1) is 10.2. The largest absolute Gasteiger partial charge is 0.493 e. The summed E-state index contributed by atoms with van der Waals surface area (Å²) >= 11 is 3.47. The van der Waals surface area contributed by atoms with Crippen LogP contribution in [-0.4, -0.2) is 11.7 Å². The number of hydrogen-bond acceptors (Lipinski definition) is 3. The highest BCUT2D eigenvalue weighted by molar-refractivity contribution is 9.10. The molecular formula is C17H13BrO3. The minimum Gasteiger partial charge on any atom is -0.493 e. The molecule has 0 saturated carbocycles. The van der Waals surface area contributed by atoms with E-state index >= 15 is 0 Å². The van der Waals surface area contributed by atoms with Crippen LogP contribution >= 0.6 is 15.9 Å². The van der Waals surface area contributed by atoms with Gasteiger partial charge in [-0.3, -0.25) is 0 Å².